The molecule has 0 aliphatic carbocycles. The molecule has 1 unspecified atom stereocenters. The average Bonchev–Trinajstić information content (AvgIpc) is 2.70. The van der Waals surface area contributed by atoms with Crippen LogP contribution in [-0.4, -0.2) is 15.4 Å². The second kappa shape index (κ2) is 9.74. The molecule has 26 heavy (non-hydrogen) atoms. The standard InChI is InChI=1S/C23H32O2Si/c1-6-26(7-2,8-3)25-23(21-14-16-22(24-5)17-15-21)19(4)18-20-12-10-9-11-13-20/h9-17,23H,4,6-8,18H2,1-3,5H3. The van der Waals surface area contributed by atoms with E-state index < -0.39 is 8.32 Å². The Morgan fingerprint density at radius 2 is 1.50 bits per heavy atom. The van der Waals surface area contributed by atoms with Crippen LogP contribution >= 0.6 is 0 Å². The summed E-state index contributed by atoms with van der Waals surface area (Å²) in [5.74, 6) is 0.867. The molecular formula is C23H32O2Si. The molecule has 2 nitrogen and oxygen atoms in total. The Labute approximate surface area is 160 Å². The number of hydrogen-bond acceptors (Lipinski definition) is 2. The second-order valence-corrected chi connectivity index (χ2v) is 11.6. The molecule has 0 bridgehead atoms. The summed E-state index contributed by atoms with van der Waals surface area (Å²) >= 11 is 0. The first-order valence-electron chi connectivity index (χ1n) is 9.60. The smallest absolute Gasteiger partial charge is 0.193 e. The highest BCUT2D eigenvalue weighted by Gasteiger charge is 2.33. The molecule has 2 aromatic carbocycles. The van der Waals surface area contributed by atoms with Gasteiger partial charge in [0.1, 0.15) is 5.75 Å². The van der Waals surface area contributed by atoms with Crippen LogP contribution in [0.5, 0.6) is 5.75 Å². The van der Waals surface area contributed by atoms with Crippen LogP contribution in [0, 0.1) is 0 Å². The summed E-state index contributed by atoms with van der Waals surface area (Å²) in [5, 5.41) is 0. The fourth-order valence-corrected chi connectivity index (χ4v) is 6.17. The maximum atomic E-state index is 6.88. The summed E-state index contributed by atoms with van der Waals surface area (Å²) in [4.78, 5) is 0. The Kier molecular flexibility index (Phi) is 7.67. The van der Waals surface area contributed by atoms with Crippen LogP contribution in [0.2, 0.25) is 18.1 Å². The molecule has 0 aromatic heterocycles. The van der Waals surface area contributed by atoms with E-state index in [0.717, 1.165) is 35.9 Å². The van der Waals surface area contributed by atoms with Crippen LogP contribution in [0.25, 0.3) is 0 Å². The Morgan fingerprint density at radius 1 is 0.923 bits per heavy atom. The van der Waals surface area contributed by atoms with Crippen molar-refractivity contribution in [2.24, 2.45) is 0 Å². The maximum absolute atomic E-state index is 6.88. The summed E-state index contributed by atoms with van der Waals surface area (Å²) in [7, 11) is -0.0623. The zero-order chi connectivity index (χ0) is 19.0. The summed E-state index contributed by atoms with van der Waals surface area (Å²) in [5.41, 5.74) is 3.56. The predicted octanol–water partition coefficient (Wildman–Crippen LogP) is 6.56. The maximum Gasteiger partial charge on any atom is 0.193 e. The van der Waals surface area contributed by atoms with Gasteiger partial charge in [-0.3, -0.25) is 0 Å². The van der Waals surface area contributed by atoms with Crippen LogP contribution in [-0.2, 0) is 10.8 Å². The van der Waals surface area contributed by atoms with Gasteiger partial charge in [-0.15, -0.1) is 0 Å². The van der Waals surface area contributed by atoms with E-state index in [-0.39, 0.29) is 6.10 Å². The highest BCUT2D eigenvalue weighted by atomic mass is 28.4. The van der Waals surface area contributed by atoms with Crippen LogP contribution in [0.3, 0.4) is 0 Å². The molecule has 0 heterocycles. The van der Waals surface area contributed by atoms with E-state index in [9.17, 15) is 0 Å². The van der Waals surface area contributed by atoms with Crippen molar-refractivity contribution in [1.29, 1.82) is 0 Å². The highest BCUT2D eigenvalue weighted by molar-refractivity contribution is 6.73. The second-order valence-electron chi connectivity index (χ2n) is 6.84. The molecule has 0 spiro atoms. The first-order chi connectivity index (χ1) is 12.6. The van der Waals surface area contributed by atoms with Gasteiger partial charge in [0.2, 0.25) is 0 Å². The van der Waals surface area contributed by atoms with Gasteiger partial charge < -0.3 is 9.16 Å². The van der Waals surface area contributed by atoms with E-state index >= 15 is 0 Å². The lowest BCUT2D eigenvalue weighted by Gasteiger charge is -2.34. The van der Waals surface area contributed by atoms with Gasteiger partial charge in [0.05, 0.1) is 13.2 Å². The number of benzene rings is 2. The van der Waals surface area contributed by atoms with Gasteiger partial charge in [-0.2, -0.15) is 0 Å². The Morgan fingerprint density at radius 3 is 2.00 bits per heavy atom. The molecule has 0 radical (unpaired) electrons. The van der Waals surface area contributed by atoms with Crippen molar-refractivity contribution >= 4 is 8.32 Å². The van der Waals surface area contributed by atoms with Crippen LogP contribution in [0.15, 0.2) is 66.7 Å². The quantitative estimate of drug-likeness (QED) is 0.349. The van der Waals surface area contributed by atoms with E-state index in [0.29, 0.717) is 0 Å². The van der Waals surface area contributed by atoms with Crippen molar-refractivity contribution in [1.82, 2.24) is 0 Å². The van der Waals surface area contributed by atoms with Gasteiger partial charge in [0, 0.05) is 0 Å². The molecular weight excluding hydrogens is 336 g/mol. The third-order valence-electron chi connectivity index (χ3n) is 5.36. The van der Waals surface area contributed by atoms with Gasteiger partial charge in [-0.05, 0) is 53.4 Å². The summed E-state index contributed by atoms with van der Waals surface area (Å²) in [6.07, 6.45) is 0.770. The third-order valence-corrected chi connectivity index (χ3v) is 9.97. The van der Waals surface area contributed by atoms with Gasteiger partial charge in [0.25, 0.3) is 0 Å². The van der Waals surface area contributed by atoms with E-state index in [4.69, 9.17) is 9.16 Å². The Bertz CT molecular complexity index is 667. The SMILES string of the molecule is C=C(Cc1ccccc1)C(O[Si](CC)(CC)CC)c1ccc(OC)cc1. The number of methoxy groups -OCH3 is 1. The molecule has 2 rings (SSSR count). The lowest BCUT2D eigenvalue weighted by molar-refractivity contribution is 0.223. The number of ether oxygens (including phenoxy) is 1. The van der Waals surface area contributed by atoms with Crippen molar-refractivity contribution in [3.8, 4) is 5.75 Å². The zero-order valence-electron chi connectivity index (χ0n) is 16.6. The van der Waals surface area contributed by atoms with Crippen LogP contribution in [0.1, 0.15) is 38.0 Å². The topological polar surface area (TPSA) is 18.5 Å². The zero-order valence-corrected chi connectivity index (χ0v) is 17.6. The van der Waals surface area contributed by atoms with Crippen molar-refractivity contribution in [2.45, 2.75) is 51.4 Å². The molecule has 0 aliphatic rings. The molecule has 140 valence electrons. The van der Waals surface area contributed by atoms with Gasteiger partial charge >= 0.3 is 0 Å². The van der Waals surface area contributed by atoms with Crippen LogP contribution < -0.4 is 4.74 Å². The minimum Gasteiger partial charge on any atom is -0.497 e. The van der Waals surface area contributed by atoms with E-state index in [1.54, 1.807) is 7.11 Å². The third kappa shape index (κ3) is 5.09. The predicted molar refractivity (Wildman–Crippen MR) is 113 cm³/mol. The molecule has 1 atom stereocenters. The van der Waals surface area contributed by atoms with E-state index in [1.165, 1.54) is 11.1 Å². The Hall–Kier alpha value is -1.84. The molecule has 2 aromatic rings. The fourth-order valence-electron chi connectivity index (χ4n) is 3.37. The monoisotopic (exact) mass is 368 g/mol. The van der Waals surface area contributed by atoms with Crippen molar-refractivity contribution in [3.63, 3.8) is 0 Å². The molecule has 3 heteroatoms. The summed E-state index contributed by atoms with van der Waals surface area (Å²) in [6.45, 7) is 11.2. The number of hydrogen-bond donors (Lipinski definition) is 0. The molecule has 0 saturated carbocycles. The van der Waals surface area contributed by atoms with Crippen molar-refractivity contribution in [3.05, 3.63) is 77.9 Å². The molecule has 0 saturated heterocycles. The van der Waals surface area contributed by atoms with Crippen molar-refractivity contribution in [2.75, 3.05) is 7.11 Å². The van der Waals surface area contributed by atoms with E-state index in [1.807, 2.05) is 18.2 Å². The highest BCUT2D eigenvalue weighted by Crippen LogP contribution is 2.35. The largest absolute Gasteiger partial charge is 0.497 e. The van der Waals surface area contributed by atoms with Crippen molar-refractivity contribution < 1.29 is 9.16 Å². The van der Waals surface area contributed by atoms with Gasteiger partial charge in [-0.25, -0.2) is 0 Å². The molecule has 0 aliphatic heterocycles. The molecule has 0 amide bonds. The minimum atomic E-state index is -1.76. The van der Waals surface area contributed by atoms with Gasteiger partial charge in [0.15, 0.2) is 8.32 Å². The average molecular weight is 369 g/mol. The van der Waals surface area contributed by atoms with Gasteiger partial charge in [-0.1, -0.05) is 69.8 Å². The molecule has 0 fully saturated rings. The number of rotatable bonds is 10. The normalized spacial score (nSPS) is 12.6. The first kappa shape index (κ1) is 20.5. The van der Waals surface area contributed by atoms with Crippen LogP contribution in [0.4, 0.5) is 0 Å². The fraction of sp³-hybridized carbons (Fsp3) is 0.391. The van der Waals surface area contributed by atoms with E-state index in [2.05, 4.69) is 63.7 Å². The molecule has 0 N–H and O–H groups in total. The lowest BCUT2D eigenvalue weighted by Crippen LogP contribution is -2.37. The Balaban J connectivity index is 2.31. The first-order valence-corrected chi connectivity index (χ1v) is 12.1. The lowest BCUT2D eigenvalue weighted by atomic mass is 9.97. The minimum absolute atomic E-state index is 0.0624. The summed E-state index contributed by atoms with van der Waals surface area (Å²) in [6, 6.07) is 22.1. The summed E-state index contributed by atoms with van der Waals surface area (Å²) < 4.78 is 12.2.